The van der Waals surface area contributed by atoms with Gasteiger partial charge in [0.05, 0.1) is 0 Å². The van der Waals surface area contributed by atoms with Crippen LogP contribution in [0.4, 0.5) is 10.5 Å². The Labute approximate surface area is 107 Å². The van der Waals surface area contributed by atoms with E-state index in [9.17, 15) is 4.79 Å². The van der Waals surface area contributed by atoms with Crippen LogP contribution in [0.2, 0.25) is 0 Å². The molecule has 1 aliphatic heterocycles. The molecule has 18 heavy (non-hydrogen) atoms. The fourth-order valence-electron chi connectivity index (χ4n) is 1.93. The van der Waals surface area contributed by atoms with Crippen molar-refractivity contribution in [3.63, 3.8) is 0 Å². The third-order valence-electron chi connectivity index (χ3n) is 2.92. The van der Waals surface area contributed by atoms with Gasteiger partial charge in [-0.1, -0.05) is 29.8 Å². The van der Waals surface area contributed by atoms with Gasteiger partial charge in [0.15, 0.2) is 0 Å². The summed E-state index contributed by atoms with van der Waals surface area (Å²) < 4.78 is 0. The van der Waals surface area contributed by atoms with E-state index in [-0.39, 0.29) is 6.03 Å². The molecule has 2 amide bonds. The lowest BCUT2D eigenvalue weighted by Crippen LogP contribution is -2.30. The number of carbonyl (C=O) groups excluding carboxylic acids is 1. The molecule has 0 saturated heterocycles. The van der Waals surface area contributed by atoms with Crippen LogP contribution >= 0.6 is 0 Å². The molecular weight excluding hydrogens is 226 g/mol. The molecule has 0 spiro atoms. The quantitative estimate of drug-likeness (QED) is 0.712. The molecule has 0 aromatic heterocycles. The zero-order valence-corrected chi connectivity index (χ0v) is 10.4. The molecule has 3 N–H and O–H groups in total. The van der Waals surface area contributed by atoms with E-state index in [1.807, 2.05) is 30.3 Å². The third kappa shape index (κ3) is 4.22. The molecule has 1 heterocycles. The maximum atomic E-state index is 11.6. The van der Waals surface area contributed by atoms with Gasteiger partial charge in [0.2, 0.25) is 0 Å². The van der Waals surface area contributed by atoms with Gasteiger partial charge < -0.3 is 16.0 Å². The predicted molar refractivity (Wildman–Crippen MR) is 73.7 cm³/mol. The Bertz CT molecular complexity index is 414. The number of para-hydroxylation sites is 1. The van der Waals surface area contributed by atoms with Crippen molar-refractivity contribution in [1.29, 1.82) is 0 Å². The first-order valence-corrected chi connectivity index (χ1v) is 6.33. The Morgan fingerprint density at radius 3 is 2.83 bits per heavy atom. The van der Waals surface area contributed by atoms with Crippen molar-refractivity contribution in [1.82, 2.24) is 10.6 Å². The van der Waals surface area contributed by atoms with Gasteiger partial charge in [-0.3, -0.25) is 0 Å². The second kappa shape index (κ2) is 6.81. The second-order valence-corrected chi connectivity index (χ2v) is 4.31. The summed E-state index contributed by atoms with van der Waals surface area (Å²) in [5.74, 6) is 0. The smallest absolute Gasteiger partial charge is 0.319 e. The van der Waals surface area contributed by atoms with Gasteiger partial charge in [0, 0.05) is 18.8 Å². The molecule has 1 aromatic rings. The van der Waals surface area contributed by atoms with E-state index in [4.69, 9.17) is 0 Å². The van der Waals surface area contributed by atoms with Gasteiger partial charge in [0.25, 0.3) is 0 Å². The summed E-state index contributed by atoms with van der Waals surface area (Å²) in [6.45, 7) is 2.68. The zero-order valence-electron chi connectivity index (χ0n) is 10.4. The van der Waals surface area contributed by atoms with E-state index in [1.165, 1.54) is 5.57 Å². The Morgan fingerprint density at radius 1 is 1.28 bits per heavy atom. The Morgan fingerprint density at radius 2 is 2.11 bits per heavy atom. The standard InChI is InChI=1S/C14H19N3O/c18-14(17-13-4-2-1-3-5-13)16-11-8-12-6-9-15-10-7-12/h1-6,15H,7-11H2,(H2,16,17,18). The lowest BCUT2D eigenvalue weighted by atomic mass is 10.1. The Hall–Kier alpha value is -1.81. The third-order valence-corrected chi connectivity index (χ3v) is 2.92. The van der Waals surface area contributed by atoms with Gasteiger partial charge >= 0.3 is 6.03 Å². The van der Waals surface area contributed by atoms with Crippen LogP contribution in [0.15, 0.2) is 42.0 Å². The van der Waals surface area contributed by atoms with Crippen molar-refractivity contribution in [2.45, 2.75) is 12.8 Å². The van der Waals surface area contributed by atoms with E-state index in [0.717, 1.165) is 31.6 Å². The van der Waals surface area contributed by atoms with Gasteiger partial charge in [-0.15, -0.1) is 0 Å². The fourth-order valence-corrected chi connectivity index (χ4v) is 1.93. The first-order valence-electron chi connectivity index (χ1n) is 6.33. The minimum absolute atomic E-state index is 0.143. The molecule has 96 valence electrons. The number of benzene rings is 1. The largest absolute Gasteiger partial charge is 0.338 e. The highest BCUT2D eigenvalue weighted by molar-refractivity contribution is 5.89. The van der Waals surface area contributed by atoms with E-state index in [1.54, 1.807) is 0 Å². The summed E-state index contributed by atoms with van der Waals surface area (Å²) in [6.07, 6.45) is 4.23. The van der Waals surface area contributed by atoms with Crippen molar-refractivity contribution in [2.24, 2.45) is 0 Å². The molecule has 0 aliphatic carbocycles. The van der Waals surface area contributed by atoms with Crippen molar-refractivity contribution >= 4 is 11.7 Å². The highest BCUT2D eigenvalue weighted by atomic mass is 16.2. The van der Waals surface area contributed by atoms with Crippen LogP contribution in [0.5, 0.6) is 0 Å². The number of hydrogen-bond acceptors (Lipinski definition) is 2. The fraction of sp³-hybridized carbons (Fsp3) is 0.357. The molecule has 0 atom stereocenters. The molecule has 1 aromatic carbocycles. The van der Waals surface area contributed by atoms with Crippen LogP contribution in [0, 0.1) is 0 Å². The minimum Gasteiger partial charge on any atom is -0.338 e. The molecule has 0 bridgehead atoms. The van der Waals surface area contributed by atoms with E-state index >= 15 is 0 Å². The molecule has 0 unspecified atom stereocenters. The maximum absolute atomic E-state index is 11.6. The Kier molecular flexibility index (Phi) is 4.78. The SMILES string of the molecule is O=C(NCCC1=CCNCC1)Nc1ccccc1. The number of hydrogen-bond donors (Lipinski definition) is 3. The number of nitrogens with one attached hydrogen (secondary N) is 3. The molecule has 4 heteroatoms. The molecule has 2 rings (SSSR count). The molecule has 0 radical (unpaired) electrons. The van der Waals surface area contributed by atoms with Gasteiger partial charge in [-0.05, 0) is 31.5 Å². The summed E-state index contributed by atoms with van der Waals surface area (Å²) >= 11 is 0. The molecule has 0 fully saturated rings. The number of carbonyl (C=O) groups is 1. The van der Waals surface area contributed by atoms with Crippen LogP contribution in [-0.4, -0.2) is 25.7 Å². The van der Waals surface area contributed by atoms with E-state index < -0.39 is 0 Å². The van der Waals surface area contributed by atoms with Crippen LogP contribution < -0.4 is 16.0 Å². The summed E-state index contributed by atoms with van der Waals surface area (Å²) in [6, 6.07) is 9.32. The molecule has 4 nitrogen and oxygen atoms in total. The lowest BCUT2D eigenvalue weighted by molar-refractivity contribution is 0.252. The highest BCUT2D eigenvalue weighted by Gasteiger charge is 2.04. The summed E-state index contributed by atoms with van der Waals surface area (Å²) in [5.41, 5.74) is 2.24. The lowest BCUT2D eigenvalue weighted by Gasteiger charge is -2.14. The summed E-state index contributed by atoms with van der Waals surface area (Å²) in [7, 11) is 0. The first kappa shape index (κ1) is 12.6. The average Bonchev–Trinajstić information content (AvgIpc) is 2.41. The summed E-state index contributed by atoms with van der Waals surface area (Å²) in [5, 5.41) is 8.94. The number of urea groups is 1. The zero-order chi connectivity index (χ0) is 12.6. The molecular formula is C14H19N3O. The van der Waals surface area contributed by atoms with Crippen molar-refractivity contribution in [3.8, 4) is 0 Å². The second-order valence-electron chi connectivity index (χ2n) is 4.31. The first-order chi connectivity index (χ1) is 8.84. The van der Waals surface area contributed by atoms with Crippen molar-refractivity contribution in [2.75, 3.05) is 25.0 Å². The van der Waals surface area contributed by atoms with Gasteiger partial charge in [0.1, 0.15) is 0 Å². The maximum Gasteiger partial charge on any atom is 0.319 e. The van der Waals surface area contributed by atoms with Crippen LogP contribution in [0.1, 0.15) is 12.8 Å². The van der Waals surface area contributed by atoms with Gasteiger partial charge in [-0.2, -0.15) is 0 Å². The number of amides is 2. The predicted octanol–water partition coefficient (Wildman–Crippen LogP) is 2.12. The van der Waals surface area contributed by atoms with Crippen LogP contribution in [0.25, 0.3) is 0 Å². The minimum atomic E-state index is -0.143. The average molecular weight is 245 g/mol. The van der Waals surface area contributed by atoms with E-state index in [0.29, 0.717) is 6.54 Å². The topological polar surface area (TPSA) is 53.2 Å². The Balaban J connectivity index is 1.67. The van der Waals surface area contributed by atoms with E-state index in [2.05, 4.69) is 22.0 Å². The van der Waals surface area contributed by atoms with Gasteiger partial charge in [-0.25, -0.2) is 4.79 Å². The van der Waals surface area contributed by atoms with Crippen molar-refractivity contribution in [3.05, 3.63) is 42.0 Å². The van der Waals surface area contributed by atoms with Crippen molar-refractivity contribution < 1.29 is 4.79 Å². The highest BCUT2D eigenvalue weighted by Crippen LogP contribution is 2.08. The monoisotopic (exact) mass is 245 g/mol. The number of rotatable bonds is 4. The molecule has 1 aliphatic rings. The molecule has 0 saturated carbocycles. The number of anilines is 1. The normalized spacial score (nSPS) is 14.8. The van der Waals surface area contributed by atoms with Crippen LogP contribution in [-0.2, 0) is 0 Å². The van der Waals surface area contributed by atoms with Crippen LogP contribution in [0.3, 0.4) is 0 Å². The summed E-state index contributed by atoms with van der Waals surface area (Å²) in [4.78, 5) is 11.6.